The summed E-state index contributed by atoms with van der Waals surface area (Å²) in [5.41, 5.74) is 0.0740. The van der Waals surface area contributed by atoms with Crippen molar-refractivity contribution in [1.82, 2.24) is 4.90 Å². The fraction of sp³-hybridized carbons (Fsp3) is 0.533. The first kappa shape index (κ1) is 17.4. The van der Waals surface area contributed by atoms with E-state index in [1.54, 1.807) is 4.90 Å². The van der Waals surface area contributed by atoms with Crippen molar-refractivity contribution in [3.05, 3.63) is 39.9 Å². The van der Waals surface area contributed by atoms with Gasteiger partial charge in [-0.2, -0.15) is 0 Å². The van der Waals surface area contributed by atoms with E-state index in [4.69, 9.17) is 0 Å². The number of rotatable bonds is 6. The third-order valence-electron chi connectivity index (χ3n) is 3.97. The number of amides is 1. The molecule has 1 aromatic carbocycles. The Morgan fingerprint density at radius 2 is 2.17 bits per heavy atom. The Morgan fingerprint density at radius 1 is 1.43 bits per heavy atom. The molecule has 1 saturated heterocycles. The zero-order valence-corrected chi connectivity index (χ0v) is 13.8. The van der Waals surface area contributed by atoms with E-state index in [2.05, 4.69) is 0 Å². The van der Waals surface area contributed by atoms with Crippen LogP contribution in [0.1, 0.15) is 36.5 Å². The highest BCUT2D eigenvalue weighted by Crippen LogP contribution is 2.22. The van der Waals surface area contributed by atoms with E-state index in [0.717, 1.165) is 12.8 Å². The summed E-state index contributed by atoms with van der Waals surface area (Å²) in [7, 11) is -3.10. The Balaban J connectivity index is 2.26. The van der Waals surface area contributed by atoms with E-state index in [1.807, 2.05) is 6.92 Å². The molecule has 0 spiro atoms. The molecule has 0 N–H and O–H groups in total. The Hall–Kier alpha value is -1.96. The van der Waals surface area contributed by atoms with Crippen LogP contribution in [0.4, 0.5) is 5.69 Å². The molecule has 126 valence electrons. The molecular weight excluding hydrogens is 320 g/mol. The first-order chi connectivity index (χ1) is 10.8. The van der Waals surface area contributed by atoms with Gasteiger partial charge >= 0.3 is 0 Å². The van der Waals surface area contributed by atoms with Crippen molar-refractivity contribution in [3.63, 3.8) is 0 Å². The Bertz CT molecular complexity index is 702. The van der Waals surface area contributed by atoms with Crippen molar-refractivity contribution >= 4 is 21.4 Å². The van der Waals surface area contributed by atoms with Gasteiger partial charge < -0.3 is 4.90 Å². The highest BCUT2D eigenvalue weighted by molar-refractivity contribution is 7.91. The van der Waals surface area contributed by atoms with Crippen molar-refractivity contribution in [2.24, 2.45) is 0 Å². The van der Waals surface area contributed by atoms with E-state index in [-0.39, 0.29) is 34.7 Å². The quantitative estimate of drug-likeness (QED) is 0.583. The number of benzene rings is 1. The molecule has 0 radical (unpaired) electrons. The van der Waals surface area contributed by atoms with Crippen LogP contribution in [-0.4, -0.2) is 48.2 Å². The summed E-state index contributed by atoms with van der Waals surface area (Å²) in [5, 5.41) is 10.9. The van der Waals surface area contributed by atoms with Crippen LogP contribution in [0.5, 0.6) is 0 Å². The van der Waals surface area contributed by atoms with Gasteiger partial charge in [-0.05, 0) is 18.9 Å². The van der Waals surface area contributed by atoms with Crippen molar-refractivity contribution in [3.8, 4) is 0 Å². The molecule has 0 aromatic heterocycles. The summed E-state index contributed by atoms with van der Waals surface area (Å²) >= 11 is 0. The zero-order chi connectivity index (χ0) is 17.0. The molecule has 1 aliphatic rings. The van der Waals surface area contributed by atoms with Crippen molar-refractivity contribution < 1.29 is 18.1 Å². The number of unbranched alkanes of at least 4 members (excludes halogenated alkanes) is 1. The van der Waals surface area contributed by atoms with Gasteiger partial charge in [-0.1, -0.05) is 19.4 Å². The van der Waals surface area contributed by atoms with Gasteiger partial charge in [0.2, 0.25) is 0 Å². The topological polar surface area (TPSA) is 97.6 Å². The lowest BCUT2D eigenvalue weighted by Crippen LogP contribution is -2.41. The van der Waals surface area contributed by atoms with Crippen LogP contribution in [-0.2, 0) is 9.84 Å². The molecule has 0 saturated carbocycles. The largest absolute Gasteiger partial charge is 0.335 e. The fourth-order valence-electron chi connectivity index (χ4n) is 2.72. The van der Waals surface area contributed by atoms with Gasteiger partial charge in [0.1, 0.15) is 0 Å². The van der Waals surface area contributed by atoms with Crippen LogP contribution < -0.4 is 0 Å². The normalized spacial score (nSPS) is 19.4. The molecule has 23 heavy (non-hydrogen) atoms. The van der Waals surface area contributed by atoms with Crippen LogP contribution in [0.25, 0.3) is 0 Å². The molecule has 1 fully saturated rings. The predicted octanol–water partition coefficient (Wildman–Crippen LogP) is 2.02. The number of hydrogen-bond acceptors (Lipinski definition) is 5. The highest BCUT2D eigenvalue weighted by Gasteiger charge is 2.34. The molecule has 0 unspecified atom stereocenters. The minimum atomic E-state index is -3.10. The smallest absolute Gasteiger partial charge is 0.270 e. The molecule has 1 amide bonds. The number of nitro benzene ring substituents is 1. The minimum Gasteiger partial charge on any atom is -0.335 e. The highest BCUT2D eigenvalue weighted by atomic mass is 32.2. The lowest BCUT2D eigenvalue weighted by atomic mass is 10.1. The average Bonchev–Trinajstić information content (AvgIpc) is 2.87. The van der Waals surface area contributed by atoms with Gasteiger partial charge in [-0.3, -0.25) is 14.9 Å². The van der Waals surface area contributed by atoms with Gasteiger partial charge in [0.05, 0.1) is 16.4 Å². The maximum Gasteiger partial charge on any atom is 0.270 e. The average molecular weight is 340 g/mol. The molecule has 1 heterocycles. The second-order valence-electron chi connectivity index (χ2n) is 5.72. The molecule has 8 heteroatoms. The van der Waals surface area contributed by atoms with Crippen LogP contribution in [0.15, 0.2) is 24.3 Å². The molecular formula is C15H20N2O5S. The summed E-state index contributed by atoms with van der Waals surface area (Å²) in [5.74, 6) is -0.288. The molecule has 0 bridgehead atoms. The minimum absolute atomic E-state index is 0.0304. The lowest BCUT2D eigenvalue weighted by Gasteiger charge is -2.28. The van der Waals surface area contributed by atoms with E-state index in [9.17, 15) is 23.3 Å². The first-order valence-electron chi connectivity index (χ1n) is 7.60. The molecule has 1 aliphatic heterocycles. The number of nitrogens with zero attached hydrogens (tertiary/aromatic N) is 2. The second-order valence-corrected chi connectivity index (χ2v) is 7.95. The molecule has 2 rings (SSSR count). The molecule has 1 atom stereocenters. The standard InChI is InChI=1S/C15H20N2O5S/c1-2-3-8-16(14-7-9-23(21,22)11-14)15(18)12-5-4-6-13(10-12)17(19)20/h4-6,10,14H,2-3,7-9,11H2,1H3/t14-/m0/s1. The van der Waals surface area contributed by atoms with Crippen molar-refractivity contribution in [2.45, 2.75) is 32.2 Å². The number of nitro groups is 1. The van der Waals surface area contributed by atoms with Gasteiger partial charge in [-0.25, -0.2) is 8.42 Å². The summed E-state index contributed by atoms with van der Waals surface area (Å²) in [6, 6.07) is 5.21. The van der Waals surface area contributed by atoms with Crippen LogP contribution >= 0.6 is 0 Å². The molecule has 7 nitrogen and oxygen atoms in total. The van der Waals surface area contributed by atoms with Crippen molar-refractivity contribution in [2.75, 3.05) is 18.1 Å². The van der Waals surface area contributed by atoms with Crippen molar-refractivity contribution in [1.29, 1.82) is 0 Å². The van der Waals surface area contributed by atoms with Gasteiger partial charge in [0.15, 0.2) is 9.84 Å². The lowest BCUT2D eigenvalue weighted by molar-refractivity contribution is -0.384. The van der Waals surface area contributed by atoms with E-state index >= 15 is 0 Å². The predicted molar refractivity (Wildman–Crippen MR) is 86.1 cm³/mol. The number of carbonyl (C=O) groups is 1. The van der Waals surface area contributed by atoms with Gasteiger partial charge in [0.25, 0.3) is 11.6 Å². The number of carbonyl (C=O) groups excluding carboxylic acids is 1. The van der Waals surface area contributed by atoms with E-state index in [1.165, 1.54) is 24.3 Å². The third-order valence-corrected chi connectivity index (χ3v) is 5.72. The van der Waals surface area contributed by atoms with Crippen LogP contribution in [0.2, 0.25) is 0 Å². The SMILES string of the molecule is CCCCN(C(=O)c1cccc([N+](=O)[O-])c1)[C@H]1CCS(=O)(=O)C1. The maximum atomic E-state index is 12.7. The van der Waals surface area contributed by atoms with Crippen LogP contribution in [0, 0.1) is 10.1 Å². The second kappa shape index (κ2) is 7.08. The van der Waals surface area contributed by atoms with Gasteiger partial charge in [0, 0.05) is 30.3 Å². The third kappa shape index (κ3) is 4.28. The maximum absolute atomic E-state index is 12.7. The van der Waals surface area contributed by atoms with Crippen LogP contribution in [0.3, 0.4) is 0 Å². The fourth-order valence-corrected chi connectivity index (χ4v) is 4.45. The molecule has 0 aliphatic carbocycles. The summed E-state index contributed by atoms with van der Waals surface area (Å²) < 4.78 is 23.4. The van der Waals surface area contributed by atoms with E-state index < -0.39 is 14.8 Å². The first-order valence-corrected chi connectivity index (χ1v) is 9.42. The molecule has 1 aromatic rings. The summed E-state index contributed by atoms with van der Waals surface area (Å²) in [4.78, 5) is 24.6. The van der Waals surface area contributed by atoms with Gasteiger partial charge in [-0.15, -0.1) is 0 Å². The zero-order valence-electron chi connectivity index (χ0n) is 13.0. The number of non-ortho nitro benzene ring substituents is 1. The summed E-state index contributed by atoms with van der Waals surface area (Å²) in [6.07, 6.45) is 2.06. The monoisotopic (exact) mass is 340 g/mol. The Kier molecular flexibility index (Phi) is 5.35. The number of sulfone groups is 1. The Morgan fingerprint density at radius 3 is 2.74 bits per heavy atom. The number of hydrogen-bond donors (Lipinski definition) is 0. The summed E-state index contributed by atoms with van der Waals surface area (Å²) in [6.45, 7) is 2.44. The van der Waals surface area contributed by atoms with E-state index in [0.29, 0.717) is 13.0 Å². The Labute approximate surface area is 135 Å².